The van der Waals surface area contributed by atoms with E-state index in [1.807, 2.05) is 0 Å². The number of carboxylic acids is 2. The fourth-order valence-electron chi connectivity index (χ4n) is 0. The number of carbonyl (C=O) groups is 2. The van der Waals surface area contributed by atoms with Crippen LogP contribution in [0.15, 0.2) is 0 Å². The van der Waals surface area contributed by atoms with E-state index in [-0.39, 0.29) is 7.69 Å². The monoisotopic (exact) mass is 273 g/mol. The highest BCUT2D eigenvalue weighted by Gasteiger charge is 2.38. The second kappa shape index (κ2) is 8.63. The van der Waals surface area contributed by atoms with E-state index < -0.39 is 24.3 Å². The zero-order valence-corrected chi connectivity index (χ0v) is 7.45. The molecule has 13 heteroatoms. The summed E-state index contributed by atoms with van der Waals surface area (Å²) in [6, 6.07) is 0. The first-order chi connectivity index (χ1) is 7.30. The maximum atomic E-state index is 10.6. The van der Waals surface area contributed by atoms with Crippen LogP contribution in [0.2, 0.25) is 0 Å². The molecular weight excluding hydrogens is 269 g/mol. The smallest absolute Gasteiger partial charge is 0.475 e. The van der Waals surface area contributed by atoms with E-state index in [1.165, 1.54) is 0 Å². The lowest BCUT2D eigenvalue weighted by Crippen LogP contribution is -2.21. The van der Waals surface area contributed by atoms with Crippen molar-refractivity contribution in [2.24, 2.45) is 0 Å². The van der Waals surface area contributed by atoms with Gasteiger partial charge in [0.25, 0.3) is 0 Å². The molecule has 0 saturated heterocycles. The van der Waals surface area contributed by atoms with Crippen molar-refractivity contribution >= 4 is 19.6 Å². The Morgan fingerprint density at radius 3 is 0.824 bits per heavy atom. The van der Waals surface area contributed by atoms with Gasteiger partial charge in [-0.1, -0.05) is 0 Å². The normalized spacial score (nSPS) is 10.1. The molecule has 0 aliphatic heterocycles. The van der Waals surface area contributed by atoms with E-state index in [1.54, 1.807) is 0 Å². The van der Waals surface area contributed by atoms with Gasteiger partial charge >= 0.3 is 32.0 Å². The van der Waals surface area contributed by atoms with Crippen LogP contribution >= 0.6 is 0 Å². The van der Waals surface area contributed by atoms with Gasteiger partial charge in [0.1, 0.15) is 0 Å². The summed E-state index contributed by atoms with van der Waals surface area (Å²) in [5, 5.41) is 28.2. The van der Waals surface area contributed by atoms with E-state index >= 15 is 0 Å². The summed E-state index contributed by atoms with van der Waals surface area (Å²) in [4.78, 5) is 17.8. The zero-order valence-electron chi connectivity index (χ0n) is 7.45. The summed E-state index contributed by atoms with van der Waals surface area (Å²) in [7, 11) is 0. The molecule has 6 nitrogen and oxygen atoms in total. The van der Waals surface area contributed by atoms with E-state index in [9.17, 15) is 26.3 Å². The molecule has 101 valence electrons. The largest absolute Gasteiger partial charge is 0.490 e. The van der Waals surface area contributed by atoms with Gasteiger partial charge in [0.15, 0.2) is 0 Å². The first-order valence-corrected chi connectivity index (χ1v) is 3.01. The quantitative estimate of drug-likeness (QED) is 0.358. The van der Waals surface area contributed by atoms with Gasteiger partial charge in [0, 0.05) is 0 Å². The van der Waals surface area contributed by atoms with Crippen LogP contribution in [-0.4, -0.2) is 52.2 Å². The Labute approximate surface area is 89.4 Å². The van der Waals surface area contributed by atoms with Gasteiger partial charge in [0.05, 0.1) is 0 Å². The Hall–Kier alpha value is -1.50. The minimum Gasteiger partial charge on any atom is -0.475 e. The van der Waals surface area contributed by atoms with Crippen LogP contribution in [0.25, 0.3) is 0 Å². The summed E-state index contributed by atoms with van der Waals surface area (Å²) in [5.41, 5.74) is 0. The molecule has 0 amide bonds. The molecule has 0 aromatic carbocycles. The molecule has 17 heavy (non-hydrogen) atoms. The van der Waals surface area contributed by atoms with E-state index in [0.29, 0.717) is 0 Å². The predicted octanol–water partition coefficient (Wildman–Crippen LogP) is -0.228. The van der Waals surface area contributed by atoms with Gasteiger partial charge in [-0.25, -0.2) is 9.59 Å². The second-order valence-corrected chi connectivity index (χ2v) is 1.72. The Bertz CT molecular complexity index is 212. The van der Waals surface area contributed by atoms with E-state index in [2.05, 4.69) is 0 Å². The average molecular weight is 273 g/mol. The van der Waals surface area contributed by atoms with Crippen LogP contribution in [0.1, 0.15) is 0 Å². The molecule has 0 fully saturated rings. The first kappa shape index (κ1) is 20.9. The third kappa shape index (κ3) is 20.6. The SMILES string of the molecule is O=C(O)C(F)(F)F.O=C(O)C(F)(F)F.O[B]O. The summed E-state index contributed by atoms with van der Waals surface area (Å²) < 4.78 is 63.5. The lowest BCUT2D eigenvalue weighted by molar-refractivity contribution is -0.193. The summed E-state index contributed by atoms with van der Waals surface area (Å²) in [6.45, 7) is 0. The standard InChI is InChI=1S/2C2HF3O2.BH2O2/c2*3-2(4,5)1(6)7;2-1-3/h2*(H,6,7);2-3H. The van der Waals surface area contributed by atoms with Gasteiger partial charge in [-0.2, -0.15) is 26.3 Å². The third-order valence-electron chi connectivity index (χ3n) is 0.485. The number of alkyl halides is 6. The summed E-state index contributed by atoms with van der Waals surface area (Å²) in [5.74, 6) is -5.51. The number of hydrogen-bond donors (Lipinski definition) is 4. The molecule has 0 rings (SSSR count). The van der Waals surface area contributed by atoms with Crippen LogP contribution in [-0.2, 0) is 9.59 Å². The van der Waals surface area contributed by atoms with Crippen molar-refractivity contribution in [3.8, 4) is 0 Å². The fourth-order valence-corrected chi connectivity index (χ4v) is 0. The highest BCUT2D eigenvalue weighted by Crippen LogP contribution is 2.13. The number of aliphatic carboxylic acids is 2. The van der Waals surface area contributed by atoms with Crippen LogP contribution < -0.4 is 0 Å². The lowest BCUT2D eigenvalue weighted by Gasteiger charge is -1.93. The molecule has 0 saturated carbocycles. The zero-order chi connectivity index (χ0) is 14.9. The number of halogens is 6. The maximum Gasteiger partial charge on any atom is 0.490 e. The summed E-state index contributed by atoms with van der Waals surface area (Å²) >= 11 is 0. The Morgan fingerprint density at radius 1 is 0.765 bits per heavy atom. The van der Waals surface area contributed by atoms with E-state index in [4.69, 9.17) is 29.9 Å². The number of carboxylic acid groups (broad SMARTS) is 2. The Kier molecular flexibility index (Phi) is 10.6. The van der Waals surface area contributed by atoms with Gasteiger partial charge in [-0.3, -0.25) is 0 Å². The maximum absolute atomic E-state index is 10.6. The highest BCUT2D eigenvalue weighted by molar-refractivity contribution is 6.13. The Morgan fingerprint density at radius 2 is 0.824 bits per heavy atom. The van der Waals surface area contributed by atoms with Gasteiger partial charge in [0.2, 0.25) is 0 Å². The lowest BCUT2D eigenvalue weighted by atomic mass is 10.5. The van der Waals surface area contributed by atoms with Crippen LogP contribution in [0.4, 0.5) is 26.3 Å². The molecule has 0 aromatic rings. The predicted molar refractivity (Wildman–Crippen MR) is 37.6 cm³/mol. The molecule has 4 N–H and O–H groups in total. The minimum atomic E-state index is -5.08. The number of rotatable bonds is 0. The van der Waals surface area contributed by atoms with Gasteiger partial charge < -0.3 is 20.3 Å². The molecule has 0 aliphatic carbocycles. The molecule has 0 aliphatic rings. The molecule has 0 spiro atoms. The van der Waals surface area contributed by atoms with Crippen molar-refractivity contribution in [1.29, 1.82) is 0 Å². The van der Waals surface area contributed by atoms with Crippen molar-refractivity contribution in [2.45, 2.75) is 12.4 Å². The first-order valence-electron chi connectivity index (χ1n) is 3.01. The van der Waals surface area contributed by atoms with Crippen molar-refractivity contribution in [2.75, 3.05) is 0 Å². The van der Waals surface area contributed by atoms with Crippen LogP contribution in [0, 0.1) is 0 Å². The average Bonchev–Trinajstić information content (AvgIpc) is 2.02. The number of hydrogen-bond acceptors (Lipinski definition) is 4. The van der Waals surface area contributed by atoms with Crippen LogP contribution in [0.3, 0.4) is 0 Å². The van der Waals surface area contributed by atoms with Crippen molar-refractivity contribution in [3.05, 3.63) is 0 Å². The third-order valence-corrected chi connectivity index (χ3v) is 0.485. The second-order valence-electron chi connectivity index (χ2n) is 1.72. The molecule has 0 bridgehead atoms. The molecule has 0 aromatic heterocycles. The van der Waals surface area contributed by atoms with Crippen molar-refractivity contribution < 1.29 is 56.2 Å². The topological polar surface area (TPSA) is 115 Å². The molecule has 1 radical (unpaired) electrons. The molecule has 0 atom stereocenters. The highest BCUT2D eigenvalue weighted by atomic mass is 19.4. The Balaban J connectivity index is -0.000000188. The fraction of sp³-hybridized carbons (Fsp3) is 0.500. The van der Waals surface area contributed by atoms with Crippen molar-refractivity contribution in [1.82, 2.24) is 0 Å². The van der Waals surface area contributed by atoms with Gasteiger partial charge in [-0.05, 0) is 0 Å². The van der Waals surface area contributed by atoms with Crippen molar-refractivity contribution in [3.63, 3.8) is 0 Å². The molecular formula is C4H4BF6O6. The van der Waals surface area contributed by atoms with E-state index in [0.717, 1.165) is 0 Å². The molecule has 0 heterocycles. The van der Waals surface area contributed by atoms with Crippen LogP contribution in [0.5, 0.6) is 0 Å². The summed E-state index contributed by atoms with van der Waals surface area (Å²) in [6.07, 6.45) is -10.2. The van der Waals surface area contributed by atoms with Gasteiger partial charge in [-0.15, -0.1) is 0 Å². The minimum absolute atomic E-state index is 0. The molecule has 0 unspecified atom stereocenters.